The van der Waals surface area contributed by atoms with Gasteiger partial charge in [0.15, 0.2) is 0 Å². The molecule has 0 atom stereocenters. The first-order valence-electron chi connectivity index (χ1n) is 7.77. The summed E-state index contributed by atoms with van der Waals surface area (Å²) in [7, 11) is 2.05. The van der Waals surface area contributed by atoms with Crippen LogP contribution < -0.4 is 0 Å². The Morgan fingerprint density at radius 3 is 2.52 bits per heavy atom. The molecule has 0 N–H and O–H groups in total. The number of hydrogen-bond donors (Lipinski definition) is 0. The fourth-order valence-corrected chi connectivity index (χ4v) is 2.72. The van der Waals surface area contributed by atoms with Crippen LogP contribution in [0.5, 0.6) is 0 Å². The first-order chi connectivity index (χ1) is 11.8. The van der Waals surface area contributed by atoms with E-state index in [1.807, 2.05) is 5.01 Å². The van der Waals surface area contributed by atoms with E-state index in [0.29, 0.717) is 5.76 Å². The molecular formula is C17H17ClF3N3O. The Kier molecular flexibility index (Phi) is 5.06. The number of hydrogen-bond acceptors (Lipinski definition) is 4. The number of furan rings is 1. The zero-order chi connectivity index (χ0) is 18.0. The van der Waals surface area contributed by atoms with E-state index < -0.39 is 11.7 Å². The molecule has 1 aromatic carbocycles. The maximum absolute atomic E-state index is 12.9. The Labute approximate surface area is 148 Å². The third-order valence-electron chi connectivity index (χ3n) is 4.01. The molecule has 0 aliphatic carbocycles. The molecule has 3 rings (SSSR count). The predicted octanol–water partition coefficient (Wildman–Crippen LogP) is 4.20. The molecule has 25 heavy (non-hydrogen) atoms. The van der Waals surface area contributed by atoms with Crippen molar-refractivity contribution in [2.24, 2.45) is 5.10 Å². The van der Waals surface area contributed by atoms with Gasteiger partial charge in [0.2, 0.25) is 0 Å². The molecule has 1 aliphatic heterocycles. The quantitative estimate of drug-likeness (QED) is 0.758. The number of rotatable bonds is 3. The summed E-state index contributed by atoms with van der Waals surface area (Å²) in [6.45, 7) is 3.50. The highest BCUT2D eigenvalue weighted by atomic mass is 35.5. The van der Waals surface area contributed by atoms with Gasteiger partial charge in [0.25, 0.3) is 0 Å². The number of alkyl halides is 3. The lowest BCUT2D eigenvalue weighted by molar-refractivity contribution is -0.137. The molecule has 1 aliphatic rings. The summed E-state index contributed by atoms with van der Waals surface area (Å²) in [6.07, 6.45) is -2.87. The molecule has 0 saturated carbocycles. The van der Waals surface area contributed by atoms with E-state index in [1.54, 1.807) is 18.3 Å². The van der Waals surface area contributed by atoms with Crippen molar-refractivity contribution in [3.63, 3.8) is 0 Å². The van der Waals surface area contributed by atoms with Gasteiger partial charge in [0.1, 0.15) is 11.5 Å². The van der Waals surface area contributed by atoms with E-state index in [9.17, 15) is 13.2 Å². The Balaban J connectivity index is 1.77. The van der Waals surface area contributed by atoms with Gasteiger partial charge in [-0.15, -0.1) is 0 Å². The summed E-state index contributed by atoms with van der Waals surface area (Å²) in [5.41, 5.74) is -0.563. The number of nitrogens with zero attached hydrogens (tertiary/aromatic N) is 3. The van der Waals surface area contributed by atoms with Gasteiger partial charge in [-0.25, -0.2) is 0 Å². The van der Waals surface area contributed by atoms with E-state index in [2.05, 4.69) is 17.0 Å². The smallest absolute Gasteiger partial charge is 0.416 e. The van der Waals surface area contributed by atoms with Crippen LogP contribution >= 0.6 is 11.6 Å². The van der Waals surface area contributed by atoms with Gasteiger partial charge in [0.05, 0.1) is 16.8 Å². The minimum Gasteiger partial charge on any atom is -0.455 e. The highest BCUT2D eigenvalue weighted by Crippen LogP contribution is 2.36. The molecule has 1 fully saturated rings. The maximum Gasteiger partial charge on any atom is 0.416 e. The van der Waals surface area contributed by atoms with Crippen LogP contribution in [-0.2, 0) is 6.18 Å². The first kappa shape index (κ1) is 17.8. The highest BCUT2D eigenvalue weighted by molar-refractivity contribution is 6.33. The van der Waals surface area contributed by atoms with Crippen LogP contribution in [0.25, 0.3) is 11.3 Å². The van der Waals surface area contributed by atoms with Gasteiger partial charge in [0, 0.05) is 31.7 Å². The monoisotopic (exact) mass is 371 g/mol. The summed E-state index contributed by atoms with van der Waals surface area (Å²) in [5.74, 6) is 0.735. The van der Waals surface area contributed by atoms with Gasteiger partial charge in [-0.05, 0) is 37.4 Å². The van der Waals surface area contributed by atoms with Crippen molar-refractivity contribution in [2.45, 2.75) is 6.18 Å². The molecule has 2 aromatic rings. The van der Waals surface area contributed by atoms with Crippen LogP contribution in [0.15, 0.2) is 39.9 Å². The van der Waals surface area contributed by atoms with Crippen molar-refractivity contribution in [2.75, 3.05) is 33.2 Å². The first-order valence-corrected chi connectivity index (χ1v) is 8.15. The second kappa shape index (κ2) is 7.09. The number of benzene rings is 1. The summed E-state index contributed by atoms with van der Waals surface area (Å²) in [6, 6.07) is 6.41. The Morgan fingerprint density at radius 1 is 1.12 bits per heavy atom. The number of piperazine rings is 1. The molecule has 1 aromatic heterocycles. The molecule has 0 spiro atoms. The Bertz CT molecular complexity index is 765. The van der Waals surface area contributed by atoms with E-state index >= 15 is 0 Å². The standard InChI is InChI=1S/C17H17ClF3N3O/c1-23-6-8-24(9-7-23)22-11-13-3-5-16(25-13)14-10-12(17(19,20)21)2-4-15(14)18/h2-5,10-11H,6-9H2,1H3/b22-11-. The third-order valence-corrected chi connectivity index (χ3v) is 4.34. The highest BCUT2D eigenvalue weighted by Gasteiger charge is 2.31. The Hall–Kier alpha value is -1.99. The minimum atomic E-state index is -4.43. The SMILES string of the molecule is CN1CCN(/N=C\c2ccc(-c3cc(C(F)(F)F)ccc3Cl)o2)CC1. The summed E-state index contributed by atoms with van der Waals surface area (Å²) in [4.78, 5) is 2.21. The number of halogens is 4. The van der Waals surface area contributed by atoms with Crippen LogP contribution in [0.4, 0.5) is 13.2 Å². The van der Waals surface area contributed by atoms with Crippen LogP contribution in [0.3, 0.4) is 0 Å². The fourth-order valence-electron chi connectivity index (χ4n) is 2.51. The van der Waals surface area contributed by atoms with Crippen molar-refractivity contribution < 1.29 is 17.6 Å². The summed E-state index contributed by atoms with van der Waals surface area (Å²) in [5, 5.41) is 6.48. The average molecular weight is 372 g/mol. The lowest BCUT2D eigenvalue weighted by atomic mass is 10.1. The van der Waals surface area contributed by atoms with Crippen molar-refractivity contribution in [1.82, 2.24) is 9.91 Å². The Morgan fingerprint density at radius 2 is 1.84 bits per heavy atom. The summed E-state index contributed by atoms with van der Waals surface area (Å²) >= 11 is 6.03. The van der Waals surface area contributed by atoms with Crippen molar-refractivity contribution in [3.8, 4) is 11.3 Å². The lowest BCUT2D eigenvalue weighted by Gasteiger charge is -2.30. The second-order valence-electron chi connectivity index (χ2n) is 5.90. The van der Waals surface area contributed by atoms with Crippen molar-refractivity contribution >= 4 is 17.8 Å². The van der Waals surface area contributed by atoms with Crippen LogP contribution in [0.2, 0.25) is 5.02 Å². The molecule has 4 nitrogen and oxygen atoms in total. The molecule has 134 valence electrons. The predicted molar refractivity (Wildman–Crippen MR) is 90.8 cm³/mol. The zero-order valence-corrected chi connectivity index (χ0v) is 14.3. The van der Waals surface area contributed by atoms with E-state index in [-0.39, 0.29) is 16.3 Å². The largest absolute Gasteiger partial charge is 0.455 e. The lowest BCUT2D eigenvalue weighted by Crippen LogP contribution is -2.41. The zero-order valence-electron chi connectivity index (χ0n) is 13.6. The molecule has 0 unspecified atom stereocenters. The fraction of sp³-hybridized carbons (Fsp3) is 0.353. The molecule has 2 heterocycles. The van der Waals surface area contributed by atoms with Gasteiger partial charge >= 0.3 is 6.18 Å². The van der Waals surface area contributed by atoms with Crippen molar-refractivity contribution in [3.05, 3.63) is 46.7 Å². The van der Waals surface area contributed by atoms with E-state index in [1.165, 1.54) is 6.07 Å². The van der Waals surface area contributed by atoms with Gasteiger partial charge in [-0.1, -0.05) is 11.6 Å². The van der Waals surface area contributed by atoms with Crippen LogP contribution in [0, 0.1) is 0 Å². The number of hydrazone groups is 1. The molecule has 0 amide bonds. The third kappa shape index (κ3) is 4.35. The maximum atomic E-state index is 12.9. The molecule has 0 bridgehead atoms. The van der Waals surface area contributed by atoms with Gasteiger partial charge in [-0.2, -0.15) is 18.3 Å². The van der Waals surface area contributed by atoms with Gasteiger partial charge in [-0.3, -0.25) is 5.01 Å². The van der Waals surface area contributed by atoms with Crippen LogP contribution in [0.1, 0.15) is 11.3 Å². The molecule has 8 heteroatoms. The minimum absolute atomic E-state index is 0.199. The molecule has 1 saturated heterocycles. The second-order valence-corrected chi connectivity index (χ2v) is 6.30. The summed E-state index contributed by atoms with van der Waals surface area (Å²) < 4.78 is 44.2. The van der Waals surface area contributed by atoms with Crippen molar-refractivity contribution in [1.29, 1.82) is 0 Å². The molecular weight excluding hydrogens is 355 g/mol. The molecule has 0 radical (unpaired) electrons. The topological polar surface area (TPSA) is 32.0 Å². The number of likely N-dealkylation sites (N-methyl/N-ethyl adjacent to an activating group) is 1. The normalized spacial score (nSPS) is 16.8. The van der Waals surface area contributed by atoms with E-state index in [0.717, 1.165) is 38.3 Å². The van der Waals surface area contributed by atoms with Crippen LogP contribution in [-0.4, -0.2) is 49.4 Å². The van der Waals surface area contributed by atoms with Gasteiger partial charge < -0.3 is 9.32 Å². The average Bonchev–Trinajstić information content (AvgIpc) is 3.02. The van der Waals surface area contributed by atoms with E-state index in [4.69, 9.17) is 16.0 Å².